The van der Waals surface area contributed by atoms with E-state index in [1.807, 2.05) is 0 Å². The van der Waals surface area contributed by atoms with Crippen LogP contribution in [0.15, 0.2) is 0 Å². The Bertz CT molecular complexity index is 658. The van der Waals surface area contributed by atoms with Gasteiger partial charge in [0.05, 0.1) is 18.6 Å². The Balaban J connectivity index is 5.42. The lowest BCUT2D eigenvalue weighted by Gasteiger charge is -2.26. The fourth-order valence-electron chi connectivity index (χ4n) is 2.37. The summed E-state index contributed by atoms with van der Waals surface area (Å²) in [6.07, 6.45) is -0.372. The first-order chi connectivity index (χ1) is 14.3. The second kappa shape index (κ2) is 13.8. The third kappa shape index (κ3) is 10.5. The number of carbonyl (C=O) groups is 5. The normalized spacial score (nSPS) is 15.8. The van der Waals surface area contributed by atoms with Gasteiger partial charge in [0.25, 0.3) is 0 Å². The van der Waals surface area contributed by atoms with Gasteiger partial charge in [-0.25, -0.2) is 4.79 Å². The molecule has 31 heavy (non-hydrogen) atoms. The predicted octanol–water partition coefficient (Wildman–Crippen LogP) is -1.88. The molecule has 8 N–H and O–H groups in total. The number of thioether (sulfide) groups is 1. The van der Waals surface area contributed by atoms with Gasteiger partial charge in [0.1, 0.15) is 18.1 Å². The summed E-state index contributed by atoms with van der Waals surface area (Å²) in [5.74, 6) is -5.29. The van der Waals surface area contributed by atoms with Crippen LogP contribution in [0.5, 0.6) is 0 Å². The van der Waals surface area contributed by atoms with E-state index < -0.39 is 66.4 Å². The Labute approximate surface area is 184 Å². The summed E-state index contributed by atoms with van der Waals surface area (Å²) in [6.45, 7) is 4.59. The molecule has 0 radical (unpaired) electrons. The van der Waals surface area contributed by atoms with Crippen molar-refractivity contribution < 1.29 is 39.3 Å². The molecule has 178 valence electrons. The summed E-state index contributed by atoms with van der Waals surface area (Å²) in [5, 5.41) is 34.8. The number of aliphatic carboxylic acids is 2. The van der Waals surface area contributed by atoms with Crippen LogP contribution in [0.3, 0.4) is 0 Å². The smallest absolute Gasteiger partial charge is 0.326 e. The van der Waals surface area contributed by atoms with Gasteiger partial charge in [-0.3, -0.25) is 19.2 Å². The summed E-state index contributed by atoms with van der Waals surface area (Å²) in [6, 6.07) is -5.37. The first-order valence-corrected chi connectivity index (χ1v) is 11.0. The van der Waals surface area contributed by atoms with Crippen LogP contribution in [0.4, 0.5) is 0 Å². The Kier molecular flexibility index (Phi) is 12.8. The van der Waals surface area contributed by atoms with Gasteiger partial charge in [-0.05, 0) is 31.3 Å². The van der Waals surface area contributed by atoms with Gasteiger partial charge in [0.15, 0.2) is 0 Å². The van der Waals surface area contributed by atoms with Crippen LogP contribution in [-0.2, 0) is 24.0 Å². The maximum Gasteiger partial charge on any atom is 0.326 e. The number of carbonyl (C=O) groups excluding carboxylic acids is 3. The molecule has 0 aliphatic heterocycles. The molecule has 13 heteroatoms. The second-order valence-electron chi connectivity index (χ2n) is 7.34. The fraction of sp³-hybridized carbons (Fsp3) is 0.722. The van der Waals surface area contributed by atoms with Crippen molar-refractivity contribution in [3.8, 4) is 0 Å². The van der Waals surface area contributed by atoms with Gasteiger partial charge in [0, 0.05) is 0 Å². The van der Waals surface area contributed by atoms with Crippen molar-refractivity contribution in [2.24, 2.45) is 11.7 Å². The van der Waals surface area contributed by atoms with Gasteiger partial charge in [0.2, 0.25) is 17.7 Å². The van der Waals surface area contributed by atoms with Crippen molar-refractivity contribution in [3.05, 3.63) is 0 Å². The largest absolute Gasteiger partial charge is 0.481 e. The van der Waals surface area contributed by atoms with Gasteiger partial charge in [-0.2, -0.15) is 11.8 Å². The molecule has 0 spiro atoms. The lowest BCUT2D eigenvalue weighted by atomic mass is 10.0. The molecule has 0 aromatic carbocycles. The van der Waals surface area contributed by atoms with Crippen molar-refractivity contribution >= 4 is 41.4 Å². The highest BCUT2D eigenvalue weighted by molar-refractivity contribution is 7.98. The number of hydrogen-bond donors (Lipinski definition) is 7. The first-order valence-electron chi connectivity index (χ1n) is 9.60. The molecular weight excluding hydrogens is 432 g/mol. The maximum atomic E-state index is 12.6. The molecule has 0 aromatic heterocycles. The third-order valence-electron chi connectivity index (χ3n) is 4.32. The number of hydrogen-bond acceptors (Lipinski definition) is 8. The molecule has 0 aliphatic rings. The average molecular weight is 465 g/mol. The molecule has 0 heterocycles. The van der Waals surface area contributed by atoms with Crippen LogP contribution >= 0.6 is 11.8 Å². The Hall–Kier alpha value is -2.38. The molecule has 0 aliphatic carbocycles. The van der Waals surface area contributed by atoms with Gasteiger partial charge in [-0.1, -0.05) is 13.8 Å². The van der Waals surface area contributed by atoms with E-state index >= 15 is 0 Å². The quantitative estimate of drug-likeness (QED) is 0.152. The SMILES string of the molecule is CSCCC(NC(=O)C(CC(=O)O)NC(=O)C(NC(=O)C(N)C(C)C)C(C)O)C(=O)O. The van der Waals surface area contributed by atoms with E-state index in [2.05, 4.69) is 16.0 Å². The summed E-state index contributed by atoms with van der Waals surface area (Å²) < 4.78 is 0. The number of amides is 3. The number of rotatable bonds is 14. The van der Waals surface area contributed by atoms with Crippen LogP contribution in [-0.4, -0.2) is 87.3 Å². The highest BCUT2D eigenvalue weighted by Gasteiger charge is 2.33. The van der Waals surface area contributed by atoms with Crippen molar-refractivity contribution in [1.29, 1.82) is 0 Å². The molecule has 5 atom stereocenters. The predicted molar refractivity (Wildman–Crippen MR) is 113 cm³/mol. The van der Waals surface area contributed by atoms with Crippen molar-refractivity contribution in [3.63, 3.8) is 0 Å². The van der Waals surface area contributed by atoms with Crippen molar-refractivity contribution in [1.82, 2.24) is 16.0 Å². The molecule has 3 amide bonds. The number of aliphatic hydroxyl groups is 1. The highest BCUT2D eigenvalue weighted by atomic mass is 32.2. The second-order valence-corrected chi connectivity index (χ2v) is 8.32. The average Bonchev–Trinajstić information content (AvgIpc) is 2.66. The minimum atomic E-state index is -1.63. The minimum absolute atomic E-state index is 0.0927. The summed E-state index contributed by atoms with van der Waals surface area (Å²) in [4.78, 5) is 59.7. The first kappa shape index (κ1) is 28.6. The highest BCUT2D eigenvalue weighted by Crippen LogP contribution is 2.05. The van der Waals surface area contributed by atoms with E-state index in [4.69, 9.17) is 10.8 Å². The molecule has 12 nitrogen and oxygen atoms in total. The van der Waals surface area contributed by atoms with Crippen LogP contribution in [0, 0.1) is 5.92 Å². The Morgan fingerprint density at radius 2 is 1.45 bits per heavy atom. The van der Waals surface area contributed by atoms with Crippen LogP contribution < -0.4 is 21.7 Å². The minimum Gasteiger partial charge on any atom is -0.481 e. The van der Waals surface area contributed by atoms with E-state index in [-0.39, 0.29) is 12.3 Å². The standard InChI is InChI=1S/C18H32N4O8S/c1-8(2)13(19)16(27)22-14(9(3)23)17(28)21-11(7-12(24)25)15(26)20-10(18(29)30)5-6-31-4/h8-11,13-14,23H,5-7,19H2,1-4H3,(H,20,26)(H,21,28)(H,22,27)(H,24,25)(H,29,30). The molecule has 0 rings (SSSR count). The number of nitrogens with two attached hydrogens (primary N) is 1. The zero-order chi connectivity index (χ0) is 24.3. The maximum absolute atomic E-state index is 12.6. The molecule has 0 aromatic rings. The molecular formula is C18H32N4O8S. The number of nitrogens with one attached hydrogen (secondary N) is 3. The van der Waals surface area contributed by atoms with Crippen LogP contribution in [0.25, 0.3) is 0 Å². The Morgan fingerprint density at radius 3 is 1.87 bits per heavy atom. The van der Waals surface area contributed by atoms with E-state index in [1.165, 1.54) is 18.7 Å². The zero-order valence-corrected chi connectivity index (χ0v) is 18.8. The van der Waals surface area contributed by atoms with E-state index in [0.29, 0.717) is 5.75 Å². The topological polar surface area (TPSA) is 208 Å². The third-order valence-corrected chi connectivity index (χ3v) is 4.96. The van der Waals surface area contributed by atoms with E-state index in [0.717, 1.165) is 0 Å². The van der Waals surface area contributed by atoms with Gasteiger partial charge >= 0.3 is 11.9 Å². The van der Waals surface area contributed by atoms with Crippen molar-refractivity contribution in [2.75, 3.05) is 12.0 Å². The lowest BCUT2D eigenvalue weighted by molar-refractivity contribution is -0.144. The fourth-order valence-corrected chi connectivity index (χ4v) is 2.84. The van der Waals surface area contributed by atoms with Crippen LogP contribution in [0.1, 0.15) is 33.6 Å². The lowest BCUT2D eigenvalue weighted by Crippen LogP contribution is -2.60. The molecule has 0 saturated carbocycles. The zero-order valence-electron chi connectivity index (χ0n) is 18.0. The number of carboxylic acid groups (broad SMARTS) is 2. The summed E-state index contributed by atoms with van der Waals surface area (Å²) in [7, 11) is 0. The molecule has 0 bridgehead atoms. The van der Waals surface area contributed by atoms with Crippen molar-refractivity contribution in [2.45, 2.75) is 63.9 Å². The van der Waals surface area contributed by atoms with E-state index in [1.54, 1.807) is 20.1 Å². The van der Waals surface area contributed by atoms with E-state index in [9.17, 15) is 34.2 Å². The number of carboxylic acids is 2. The van der Waals surface area contributed by atoms with Crippen LogP contribution in [0.2, 0.25) is 0 Å². The number of aliphatic hydroxyl groups excluding tert-OH is 1. The Morgan fingerprint density at radius 1 is 0.903 bits per heavy atom. The molecule has 0 saturated heterocycles. The monoisotopic (exact) mass is 464 g/mol. The molecule has 5 unspecified atom stereocenters. The summed E-state index contributed by atoms with van der Waals surface area (Å²) in [5.41, 5.74) is 5.72. The summed E-state index contributed by atoms with van der Waals surface area (Å²) >= 11 is 1.36. The van der Waals surface area contributed by atoms with Gasteiger partial charge < -0.3 is 37.0 Å². The van der Waals surface area contributed by atoms with Gasteiger partial charge in [-0.15, -0.1) is 0 Å². The molecule has 0 fully saturated rings.